The molecule has 3 aliphatic rings. The molecule has 26 heavy (non-hydrogen) atoms. The lowest BCUT2D eigenvalue weighted by atomic mass is 9.67. The van der Waals surface area contributed by atoms with Gasteiger partial charge in [-0.25, -0.2) is 0 Å². The van der Waals surface area contributed by atoms with Crippen LogP contribution < -0.4 is 9.47 Å². The van der Waals surface area contributed by atoms with Crippen molar-refractivity contribution < 1.29 is 9.47 Å². The van der Waals surface area contributed by atoms with E-state index in [0.29, 0.717) is 13.2 Å². The van der Waals surface area contributed by atoms with Crippen molar-refractivity contribution >= 4 is 23.5 Å². The maximum atomic E-state index is 10.2. The Bertz CT molecular complexity index is 776. The minimum absolute atomic E-state index is 0.462. The first-order chi connectivity index (χ1) is 12.6. The number of nitrogens with zero attached hydrogens (tertiary/aromatic N) is 1. The van der Waals surface area contributed by atoms with Gasteiger partial charge in [0.05, 0.1) is 11.5 Å². The first kappa shape index (κ1) is 18.1. The van der Waals surface area contributed by atoms with E-state index in [1.165, 1.54) is 22.2 Å². The second-order valence-corrected chi connectivity index (χ2v) is 9.84. The van der Waals surface area contributed by atoms with Crippen molar-refractivity contribution in [2.45, 2.75) is 51.4 Å². The molecule has 1 aliphatic carbocycles. The lowest BCUT2D eigenvalue weighted by Crippen LogP contribution is -2.31. The maximum Gasteiger partial charge on any atom is 0.166 e. The van der Waals surface area contributed by atoms with Crippen molar-refractivity contribution in [1.29, 1.82) is 5.26 Å². The highest BCUT2D eigenvalue weighted by atomic mass is 32.2. The molecule has 0 spiro atoms. The molecule has 2 fully saturated rings. The lowest BCUT2D eigenvalue weighted by Gasteiger charge is -2.37. The molecule has 1 saturated heterocycles. The number of allylic oxidation sites excluding steroid dienone is 1. The zero-order valence-electron chi connectivity index (χ0n) is 15.5. The van der Waals surface area contributed by atoms with Crippen LogP contribution in [0.1, 0.15) is 48.8 Å². The Morgan fingerprint density at radius 1 is 1.00 bits per heavy atom. The molecule has 1 aromatic rings. The van der Waals surface area contributed by atoms with Crippen LogP contribution in [0.5, 0.6) is 11.5 Å². The molecule has 0 aromatic heterocycles. The number of ether oxygens (including phenoxy) is 2. The van der Waals surface area contributed by atoms with Crippen LogP contribution in [0.4, 0.5) is 0 Å². The number of aryl methyl sites for hydroxylation is 2. The summed E-state index contributed by atoms with van der Waals surface area (Å²) in [7, 11) is 0. The van der Waals surface area contributed by atoms with E-state index < -0.39 is 5.41 Å². The summed E-state index contributed by atoms with van der Waals surface area (Å²) in [4.78, 5) is 0. The number of hydrogen-bond donors (Lipinski definition) is 0. The molecule has 138 valence electrons. The molecule has 1 saturated carbocycles. The van der Waals surface area contributed by atoms with E-state index in [0.717, 1.165) is 53.9 Å². The van der Waals surface area contributed by atoms with Gasteiger partial charge in [-0.15, -0.1) is 23.5 Å². The van der Waals surface area contributed by atoms with Crippen molar-refractivity contribution in [3.05, 3.63) is 32.6 Å². The Balaban J connectivity index is 1.70. The minimum Gasteiger partial charge on any atom is -0.486 e. The first-order valence-corrected chi connectivity index (χ1v) is 11.4. The van der Waals surface area contributed by atoms with E-state index >= 15 is 0 Å². The Morgan fingerprint density at radius 3 is 2.31 bits per heavy atom. The van der Waals surface area contributed by atoms with Gasteiger partial charge in [-0.05, 0) is 68.6 Å². The molecule has 0 bridgehead atoms. The van der Waals surface area contributed by atoms with Crippen molar-refractivity contribution in [2.75, 3.05) is 24.7 Å². The van der Waals surface area contributed by atoms with E-state index in [1.54, 1.807) is 5.57 Å². The average Bonchev–Trinajstić information content (AvgIpc) is 2.69. The molecule has 5 heteroatoms. The van der Waals surface area contributed by atoms with Gasteiger partial charge in [-0.2, -0.15) is 5.26 Å². The van der Waals surface area contributed by atoms with Crippen LogP contribution in [0.25, 0.3) is 0 Å². The predicted molar refractivity (Wildman–Crippen MR) is 109 cm³/mol. The molecule has 0 amide bonds. The van der Waals surface area contributed by atoms with Crippen LogP contribution >= 0.6 is 23.5 Å². The summed E-state index contributed by atoms with van der Waals surface area (Å²) < 4.78 is 13.5. The van der Waals surface area contributed by atoms with Gasteiger partial charge in [-0.1, -0.05) is 11.6 Å². The van der Waals surface area contributed by atoms with Crippen molar-refractivity contribution in [3.63, 3.8) is 0 Å². The van der Waals surface area contributed by atoms with Gasteiger partial charge in [-0.3, -0.25) is 0 Å². The van der Waals surface area contributed by atoms with Crippen LogP contribution in [-0.2, 0) is 5.41 Å². The third-order valence-electron chi connectivity index (χ3n) is 5.64. The van der Waals surface area contributed by atoms with Gasteiger partial charge in [0.25, 0.3) is 0 Å². The molecule has 2 heterocycles. The second-order valence-electron chi connectivity index (χ2n) is 7.38. The first-order valence-electron chi connectivity index (χ1n) is 9.44. The minimum atomic E-state index is -0.462. The zero-order chi connectivity index (χ0) is 18.1. The van der Waals surface area contributed by atoms with Gasteiger partial charge >= 0.3 is 0 Å². The fraction of sp³-hybridized carbons (Fsp3) is 0.571. The third kappa shape index (κ3) is 3.12. The Labute approximate surface area is 164 Å². The van der Waals surface area contributed by atoms with E-state index in [1.807, 2.05) is 23.5 Å². The molecule has 2 aliphatic heterocycles. The monoisotopic (exact) mass is 387 g/mol. The van der Waals surface area contributed by atoms with Crippen LogP contribution in [0.3, 0.4) is 0 Å². The molecule has 3 nitrogen and oxygen atoms in total. The van der Waals surface area contributed by atoms with Crippen LogP contribution in [0.15, 0.2) is 15.9 Å². The highest BCUT2D eigenvalue weighted by molar-refractivity contribution is 8.22. The molecule has 0 unspecified atom stereocenters. The Morgan fingerprint density at radius 2 is 1.65 bits per heavy atom. The Kier molecular flexibility index (Phi) is 5.16. The normalized spacial score (nSPS) is 25.7. The van der Waals surface area contributed by atoms with E-state index in [4.69, 9.17) is 9.47 Å². The summed E-state index contributed by atoms with van der Waals surface area (Å²) >= 11 is 4.03. The second kappa shape index (κ2) is 7.40. The third-order valence-corrected chi connectivity index (χ3v) is 8.43. The van der Waals surface area contributed by atoms with E-state index in [9.17, 15) is 5.26 Å². The van der Waals surface area contributed by atoms with Crippen LogP contribution in [0, 0.1) is 25.2 Å². The number of nitriles is 1. The van der Waals surface area contributed by atoms with Gasteiger partial charge in [0.2, 0.25) is 0 Å². The number of benzene rings is 1. The van der Waals surface area contributed by atoms with Crippen molar-refractivity contribution in [2.24, 2.45) is 0 Å². The fourth-order valence-electron chi connectivity index (χ4n) is 4.37. The average molecular weight is 388 g/mol. The van der Waals surface area contributed by atoms with Crippen LogP contribution in [0.2, 0.25) is 0 Å². The smallest absolute Gasteiger partial charge is 0.166 e. The molecule has 1 aromatic carbocycles. The largest absolute Gasteiger partial charge is 0.486 e. The zero-order valence-corrected chi connectivity index (χ0v) is 17.2. The molecule has 0 N–H and O–H groups in total. The summed E-state index contributed by atoms with van der Waals surface area (Å²) in [6, 6.07) is 4.85. The molecule has 4 rings (SSSR count). The molecular weight excluding hydrogens is 362 g/mol. The molecule has 0 radical (unpaired) electrons. The Hall–Kier alpha value is -1.25. The summed E-state index contributed by atoms with van der Waals surface area (Å²) in [5.41, 5.74) is 4.44. The highest BCUT2D eigenvalue weighted by Crippen LogP contribution is 2.52. The molecular formula is C21H25NO2S2. The highest BCUT2D eigenvalue weighted by Gasteiger charge is 2.41. The van der Waals surface area contributed by atoms with E-state index in [2.05, 4.69) is 26.0 Å². The van der Waals surface area contributed by atoms with Gasteiger partial charge in [0.15, 0.2) is 11.5 Å². The summed E-state index contributed by atoms with van der Waals surface area (Å²) in [6.07, 6.45) is 5.10. The summed E-state index contributed by atoms with van der Waals surface area (Å²) in [5.74, 6) is 4.15. The maximum absolute atomic E-state index is 10.2. The van der Waals surface area contributed by atoms with Crippen LogP contribution in [-0.4, -0.2) is 24.7 Å². The number of fused-ring (bicyclic) bond motifs is 1. The number of rotatable bonds is 1. The predicted octanol–water partition coefficient (Wildman–Crippen LogP) is 5.49. The lowest BCUT2D eigenvalue weighted by molar-refractivity contribution is 0.165. The summed E-state index contributed by atoms with van der Waals surface area (Å²) in [6.45, 7) is 5.32. The van der Waals surface area contributed by atoms with Gasteiger partial charge < -0.3 is 9.47 Å². The number of thioether (sulfide) groups is 2. The summed E-state index contributed by atoms with van der Waals surface area (Å²) in [5, 5.41) is 10.2. The fourth-order valence-corrected chi connectivity index (χ4v) is 7.15. The van der Waals surface area contributed by atoms with Gasteiger partial charge in [0.1, 0.15) is 13.2 Å². The van der Waals surface area contributed by atoms with Gasteiger partial charge in [0, 0.05) is 9.80 Å². The van der Waals surface area contributed by atoms with E-state index in [-0.39, 0.29) is 0 Å². The molecule has 0 atom stereocenters. The van der Waals surface area contributed by atoms with Crippen molar-refractivity contribution in [3.8, 4) is 17.6 Å². The number of hydrogen-bond acceptors (Lipinski definition) is 5. The topological polar surface area (TPSA) is 42.2 Å². The quantitative estimate of drug-likeness (QED) is 0.637. The van der Waals surface area contributed by atoms with Crippen molar-refractivity contribution in [1.82, 2.24) is 0 Å². The standard InChI is InChI=1S/C21H25NO2S2/c1-14-12-15(2)18-19(24-9-8-23-18)17(14)21(13-22)6-4-16(5-7-21)20-25-10-3-11-26-20/h12H,3-11H2,1-2H3. The SMILES string of the molecule is Cc1cc(C)c(C2(C#N)CCC(=C3SCCCS3)CC2)c2c1OCCO2.